The van der Waals surface area contributed by atoms with E-state index < -0.39 is 0 Å². The predicted molar refractivity (Wildman–Crippen MR) is 49.4 cm³/mol. The molecule has 5 heteroatoms. The number of aromatic nitrogens is 1. The molecule has 60 valence electrons. The Bertz CT molecular complexity index is 143. The first-order chi connectivity index (χ1) is 3.93. The topological polar surface area (TPSA) is 38.9 Å². The molecule has 10 heavy (non-hydrogen) atoms. The Kier molecular flexibility index (Phi) is 9.33. The van der Waals surface area contributed by atoms with Crippen molar-refractivity contribution in [3.8, 4) is 0 Å². The van der Waals surface area contributed by atoms with Gasteiger partial charge in [0.1, 0.15) is 0 Å². The monoisotopic (exact) mass is 200 g/mol. The Balaban J connectivity index is 0. The van der Waals surface area contributed by atoms with Crippen LogP contribution >= 0.6 is 36.2 Å². The Labute approximate surface area is 76.7 Å². The summed E-state index contributed by atoms with van der Waals surface area (Å²) >= 11 is 1.61. The molecule has 0 bridgehead atoms. The van der Waals surface area contributed by atoms with Crippen molar-refractivity contribution in [2.24, 2.45) is 5.73 Å². The Morgan fingerprint density at radius 3 is 2.60 bits per heavy atom. The van der Waals surface area contributed by atoms with E-state index in [0.717, 1.165) is 12.1 Å². The third kappa shape index (κ3) is 4.06. The van der Waals surface area contributed by atoms with Crippen molar-refractivity contribution in [3.05, 3.63) is 16.6 Å². The first kappa shape index (κ1) is 12.8. The number of nitrogens with two attached hydrogens (primary N) is 1. The zero-order chi connectivity index (χ0) is 5.82. The number of halogens is 2. The average Bonchev–Trinajstić information content (AvgIpc) is 2.19. The summed E-state index contributed by atoms with van der Waals surface area (Å²) in [5, 5.41) is 2.02. The van der Waals surface area contributed by atoms with Crippen molar-refractivity contribution in [2.75, 3.05) is 6.54 Å². The van der Waals surface area contributed by atoms with Crippen LogP contribution in [0.2, 0.25) is 0 Å². The molecule has 1 aromatic rings. The average molecular weight is 201 g/mol. The zero-order valence-electron chi connectivity index (χ0n) is 5.32. The van der Waals surface area contributed by atoms with Gasteiger partial charge in [-0.3, -0.25) is 0 Å². The lowest BCUT2D eigenvalue weighted by Crippen LogP contribution is -2.02. The quantitative estimate of drug-likeness (QED) is 0.787. The van der Waals surface area contributed by atoms with Crippen LogP contribution in [0.1, 0.15) is 5.69 Å². The van der Waals surface area contributed by atoms with E-state index >= 15 is 0 Å². The highest BCUT2D eigenvalue weighted by Gasteiger charge is 1.88. The summed E-state index contributed by atoms with van der Waals surface area (Å²) in [6.45, 7) is 0.698. The van der Waals surface area contributed by atoms with Crippen molar-refractivity contribution < 1.29 is 0 Å². The standard InChI is InChI=1S/C5H8N2S.2ClH/c6-2-1-5-3-8-4-7-5;;/h3-4H,1-2,6H2;2*1H. The van der Waals surface area contributed by atoms with E-state index in [2.05, 4.69) is 4.98 Å². The number of nitrogens with zero attached hydrogens (tertiary/aromatic N) is 1. The minimum absolute atomic E-state index is 0. The summed E-state index contributed by atoms with van der Waals surface area (Å²) < 4.78 is 0. The smallest absolute Gasteiger partial charge is 0.0794 e. The van der Waals surface area contributed by atoms with E-state index in [9.17, 15) is 0 Å². The van der Waals surface area contributed by atoms with Gasteiger partial charge in [-0.2, -0.15) is 0 Å². The lowest BCUT2D eigenvalue weighted by Gasteiger charge is -1.85. The van der Waals surface area contributed by atoms with E-state index in [0.29, 0.717) is 6.54 Å². The van der Waals surface area contributed by atoms with Gasteiger partial charge in [-0.15, -0.1) is 36.2 Å². The maximum absolute atomic E-state index is 5.28. The van der Waals surface area contributed by atoms with Gasteiger partial charge in [0.2, 0.25) is 0 Å². The Hall–Kier alpha value is 0.170. The lowest BCUT2D eigenvalue weighted by atomic mass is 10.3. The predicted octanol–water partition coefficient (Wildman–Crippen LogP) is 1.49. The molecule has 0 saturated heterocycles. The molecule has 2 N–H and O–H groups in total. The van der Waals surface area contributed by atoms with Gasteiger partial charge < -0.3 is 5.73 Å². The maximum atomic E-state index is 5.28. The summed E-state index contributed by atoms with van der Waals surface area (Å²) in [7, 11) is 0. The molecule has 1 aromatic heterocycles. The van der Waals surface area contributed by atoms with E-state index in [-0.39, 0.29) is 24.8 Å². The van der Waals surface area contributed by atoms with Crippen molar-refractivity contribution in [3.63, 3.8) is 0 Å². The molecule has 2 nitrogen and oxygen atoms in total. The first-order valence-electron chi connectivity index (χ1n) is 2.50. The third-order valence-electron chi connectivity index (χ3n) is 0.884. The van der Waals surface area contributed by atoms with Crippen molar-refractivity contribution in [2.45, 2.75) is 6.42 Å². The third-order valence-corrected chi connectivity index (χ3v) is 1.52. The molecule has 0 unspecified atom stereocenters. The molecule has 1 rings (SSSR count). The SMILES string of the molecule is Cl.Cl.NCCc1cscn1. The van der Waals surface area contributed by atoms with Crippen LogP contribution in [-0.4, -0.2) is 11.5 Å². The highest BCUT2D eigenvalue weighted by atomic mass is 35.5. The molecule has 0 aromatic carbocycles. The number of thiazole rings is 1. The molecule has 0 spiro atoms. The van der Waals surface area contributed by atoms with E-state index in [4.69, 9.17) is 5.73 Å². The van der Waals surface area contributed by atoms with Crippen LogP contribution in [0.3, 0.4) is 0 Å². The summed E-state index contributed by atoms with van der Waals surface area (Å²) in [5.74, 6) is 0. The maximum Gasteiger partial charge on any atom is 0.0794 e. The number of rotatable bonds is 2. The van der Waals surface area contributed by atoms with Crippen LogP contribution in [0.4, 0.5) is 0 Å². The van der Waals surface area contributed by atoms with Crippen LogP contribution in [0.5, 0.6) is 0 Å². The molecule has 0 aliphatic carbocycles. The highest BCUT2D eigenvalue weighted by Crippen LogP contribution is 1.99. The van der Waals surface area contributed by atoms with Crippen molar-refractivity contribution in [1.29, 1.82) is 0 Å². The van der Waals surface area contributed by atoms with E-state index in [1.165, 1.54) is 0 Å². The van der Waals surface area contributed by atoms with E-state index in [1.807, 2.05) is 10.9 Å². The second-order valence-corrected chi connectivity index (χ2v) is 2.24. The van der Waals surface area contributed by atoms with Crippen LogP contribution in [0.15, 0.2) is 10.9 Å². The van der Waals surface area contributed by atoms with Gasteiger partial charge in [0.15, 0.2) is 0 Å². The van der Waals surface area contributed by atoms with Gasteiger partial charge in [-0.05, 0) is 6.54 Å². The molecule has 0 radical (unpaired) electrons. The molecule has 0 atom stereocenters. The molecule has 0 fully saturated rings. The van der Waals surface area contributed by atoms with Gasteiger partial charge in [0.25, 0.3) is 0 Å². The second-order valence-electron chi connectivity index (χ2n) is 1.52. The zero-order valence-corrected chi connectivity index (χ0v) is 7.77. The summed E-state index contributed by atoms with van der Waals surface area (Å²) in [6.07, 6.45) is 0.906. The van der Waals surface area contributed by atoms with Gasteiger partial charge in [-0.25, -0.2) is 4.98 Å². The second kappa shape index (κ2) is 7.28. The molecular weight excluding hydrogens is 191 g/mol. The van der Waals surface area contributed by atoms with E-state index in [1.54, 1.807) is 11.3 Å². The fourth-order valence-corrected chi connectivity index (χ4v) is 1.10. The van der Waals surface area contributed by atoms with Gasteiger partial charge >= 0.3 is 0 Å². The number of hydrogen-bond donors (Lipinski definition) is 1. The fraction of sp³-hybridized carbons (Fsp3) is 0.400. The largest absolute Gasteiger partial charge is 0.330 e. The summed E-state index contributed by atoms with van der Waals surface area (Å²) in [6, 6.07) is 0. The lowest BCUT2D eigenvalue weighted by molar-refractivity contribution is 0.935. The normalized spacial score (nSPS) is 7.70. The summed E-state index contributed by atoms with van der Waals surface area (Å²) in [5.41, 5.74) is 8.22. The molecule has 0 aliphatic heterocycles. The molecule has 1 heterocycles. The van der Waals surface area contributed by atoms with Crippen LogP contribution in [0.25, 0.3) is 0 Å². The minimum Gasteiger partial charge on any atom is -0.330 e. The van der Waals surface area contributed by atoms with Crippen LogP contribution < -0.4 is 5.73 Å². The van der Waals surface area contributed by atoms with Crippen molar-refractivity contribution >= 4 is 36.2 Å². The highest BCUT2D eigenvalue weighted by molar-refractivity contribution is 7.07. The fourth-order valence-electron chi connectivity index (χ4n) is 0.509. The molecule has 0 amide bonds. The minimum atomic E-state index is 0. The van der Waals surface area contributed by atoms with Gasteiger partial charge in [-0.1, -0.05) is 0 Å². The first-order valence-corrected chi connectivity index (χ1v) is 3.45. The molecule has 0 aliphatic rings. The van der Waals surface area contributed by atoms with Gasteiger partial charge in [0.05, 0.1) is 11.2 Å². The molecule has 0 saturated carbocycles. The molecular formula is C5H10Cl2N2S. The van der Waals surface area contributed by atoms with Crippen molar-refractivity contribution in [1.82, 2.24) is 4.98 Å². The van der Waals surface area contributed by atoms with Crippen LogP contribution in [0, 0.1) is 0 Å². The van der Waals surface area contributed by atoms with Gasteiger partial charge in [0, 0.05) is 11.8 Å². The Morgan fingerprint density at radius 1 is 1.50 bits per heavy atom. The van der Waals surface area contributed by atoms with Crippen LogP contribution in [-0.2, 0) is 6.42 Å². The number of hydrogen-bond acceptors (Lipinski definition) is 3. The Morgan fingerprint density at radius 2 is 2.20 bits per heavy atom. The summed E-state index contributed by atoms with van der Waals surface area (Å²) in [4.78, 5) is 4.04.